The molecule has 0 aliphatic heterocycles. The molecule has 0 radical (unpaired) electrons. The zero-order valence-electron chi connectivity index (χ0n) is 10.1. The van der Waals surface area contributed by atoms with Gasteiger partial charge in [-0.2, -0.15) is 5.26 Å². The van der Waals surface area contributed by atoms with E-state index in [0.29, 0.717) is 11.3 Å². The molecule has 0 spiro atoms. The van der Waals surface area contributed by atoms with E-state index in [1.165, 1.54) is 10.1 Å². The molecule has 3 rings (SSSR count). The van der Waals surface area contributed by atoms with E-state index in [-0.39, 0.29) is 0 Å². The molecule has 0 bridgehead atoms. The second-order valence-electron chi connectivity index (χ2n) is 4.21. The highest BCUT2D eigenvalue weighted by Gasteiger charge is 2.02. The number of hydrogen-bond acceptors (Lipinski definition) is 4. The molecule has 0 atom stereocenters. The van der Waals surface area contributed by atoms with E-state index in [4.69, 9.17) is 11.0 Å². The summed E-state index contributed by atoms with van der Waals surface area (Å²) in [5.41, 5.74) is 8.87. The second-order valence-corrected chi connectivity index (χ2v) is 5.16. The highest BCUT2D eigenvalue weighted by molar-refractivity contribution is 7.17. The van der Waals surface area contributed by atoms with Crippen LogP contribution < -0.4 is 11.1 Å². The first-order valence-electron chi connectivity index (χ1n) is 5.80. The van der Waals surface area contributed by atoms with E-state index in [9.17, 15) is 0 Å². The van der Waals surface area contributed by atoms with Crippen LogP contribution in [-0.4, -0.2) is 0 Å². The average Bonchev–Trinajstić information content (AvgIpc) is 2.88. The van der Waals surface area contributed by atoms with Crippen LogP contribution in [0.2, 0.25) is 0 Å². The lowest BCUT2D eigenvalue weighted by atomic mass is 10.1. The predicted molar refractivity (Wildman–Crippen MR) is 80.7 cm³/mol. The molecule has 1 aromatic heterocycles. The summed E-state index contributed by atoms with van der Waals surface area (Å²) in [7, 11) is 0. The minimum Gasteiger partial charge on any atom is -0.397 e. The Morgan fingerprint density at radius 1 is 1.11 bits per heavy atom. The fraction of sp³-hybridized carbons (Fsp3) is 0. The molecule has 0 fully saturated rings. The van der Waals surface area contributed by atoms with E-state index in [1.54, 1.807) is 23.5 Å². The number of benzene rings is 2. The molecular weight excluding hydrogens is 254 g/mol. The van der Waals surface area contributed by atoms with Crippen LogP contribution in [0.3, 0.4) is 0 Å². The van der Waals surface area contributed by atoms with Crippen molar-refractivity contribution in [2.75, 3.05) is 11.1 Å². The van der Waals surface area contributed by atoms with Gasteiger partial charge in [-0.3, -0.25) is 0 Å². The lowest BCUT2D eigenvalue weighted by Crippen LogP contribution is -1.96. The Balaban J connectivity index is 1.94. The van der Waals surface area contributed by atoms with Crippen LogP contribution in [0.4, 0.5) is 17.1 Å². The molecule has 4 heteroatoms. The van der Waals surface area contributed by atoms with Gasteiger partial charge in [0.25, 0.3) is 0 Å². The third-order valence-electron chi connectivity index (χ3n) is 2.91. The van der Waals surface area contributed by atoms with Crippen molar-refractivity contribution in [2.24, 2.45) is 0 Å². The van der Waals surface area contributed by atoms with Crippen molar-refractivity contribution in [3.05, 3.63) is 53.4 Å². The summed E-state index contributed by atoms with van der Waals surface area (Å²) in [6.07, 6.45) is 0. The first kappa shape index (κ1) is 11.6. The van der Waals surface area contributed by atoms with Crippen molar-refractivity contribution < 1.29 is 0 Å². The molecule has 0 unspecified atom stereocenters. The molecule has 0 amide bonds. The number of nitriles is 1. The first-order chi connectivity index (χ1) is 9.26. The Labute approximate surface area is 114 Å². The van der Waals surface area contributed by atoms with E-state index < -0.39 is 0 Å². The summed E-state index contributed by atoms with van der Waals surface area (Å²) >= 11 is 1.72. The smallest absolute Gasteiger partial charge is 0.0992 e. The predicted octanol–water partition coefficient (Wildman–Crippen LogP) is 4.10. The quantitative estimate of drug-likeness (QED) is 0.686. The molecule has 92 valence electrons. The number of anilines is 3. The second kappa shape index (κ2) is 4.63. The van der Waals surface area contributed by atoms with Crippen molar-refractivity contribution >= 4 is 38.5 Å². The summed E-state index contributed by atoms with van der Waals surface area (Å²) in [6.45, 7) is 0. The minimum absolute atomic E-state index is 0.566. The Hall–Kier alpha value is -2.51. The molecule has 2 aromatic carbocycles. The SMILES string of the molecule is N#Cc1ccc(Nc2ccc3sccc3c2)c(N)c1. The molecule has 3 nitrogen and oxygen atoms in total. The molecule has 0 aliphatic rings. The van der Waals surface area contributed by atoms with Gasteiger partial charge in [-0.25, -0.2) is 0 Å². The molecule has 3 N–H and O–H groups in total. The van der Waals surface area contributed by atoms with Crippen LogP contribution in [0.15, 0.2) is 47.8 Å². The summed E-state index contributed by atoms with van der Waals surface area (Å²) in [4.78, 5) is 0. The van der Waals surface area contributed by atoms with Crippen LogP contribution in [0, 0.1) is 11.3 Å². The molecule has 19 heavy (non-hydrogen) atoms. The fourth-order valence-corrected chi connectivity index (χ4v) is 2.72. The highest BCUT2D eigenvalue weighted by atomic mass is 32.1. The number of thiophene rings is 1. The van der Waals surface area contributed by atoms with Crippen LogP contribution in [0.1, 0.15) is 5.56 Å². The van der Waals surface area contributed by atoms with Crippen molar-refractivity contribution in [1.82, 2.24) is 0 Å². The van der Waals surface area contributed by atoms with Crippen molar-refractivity contribution in [1.29, 1.82) is 5.26 Å². The zero-order valence-corrected chi connectivity index (χ0v) is 10.9. The van der Waals surface area contributed by atoms with E-state index in [0.717, 1.165) is 11.4 Å². The van der Waals surface area contributed by atoms with Gasteiger partial charge in [-0.1, -0.05) is 0 Å². The molecule has 0 saturated carbocycles. The molecule has 3 aromatic rings. The van der Waals surface area contributed by atoms with E-state index in [1.807, 2.05) is 12.1 Å². The number of nitrogens with two attached hydrogens (primary N) is 1. The Morgan fingerprint density at radius 2 is 2.00 bits per heavy atom. The lowest BCUT2D eigenvalue weighted by Gasteiger charge is -2.09. The number of nitrogens with zero attached hydrogens (tertiary/aromatic N) is 1. The average molecular weight is 265 g/mol. The van der Waals surface area contributed by atoms with E-state index >= 15 is 0 Å². The number of rotatable bonds is 2. The summed E-state index contributed by atoms with van der Waals surface area (Å²) in [6, 6.07) is 15.6. The van der Waals surface area contributed by atoms with Gasteiger partial charge in [0.2, 0.25) is 0 Å². The van der Waals surface area contributed by atoms with Crippen molar-refractivity contribution in [3.63, 3.8) is 0 Å². The minimum atomic E-state index is 0.566. The maximum absolute atomic E-state index is 8.81. The largest absolute Gasteiger partial charge is 0.397 e. The molecule has 0 saturated heterocycles. The molecule has 0 aliphatic carbocycles. The van der Waals surface area contributed by atoms with Crippen molar-refractivity contribution in [3.8, 4) is 6.07 Å². The van der Waals surface area contributed by atoms with Gasteiger partial charge in [0.1, 0.15) is 0 Å². The van der Waals surface area contributed by atoms with Gasteiger partial charge in [-0.05, 0) is 53.2 Å². The summed E-state index contributed by atoms with van der Waals surface area (Å²) < 4.78 is 1.26. The van der Waals surface area contributed by atoms with Crippen LogP contribution in [-0.2, 0) is 0 Å². The van der Waals surface area contributed by atoms with Crippen LogP contribution in [0.25, 0.3) is 10.1 Å². The maximum atomic E-state index is 8.81. The van der Waals surface area contributed by atoms with Crippen LogP contribution >= 0.6 is 11.3 Å². The number of nitrogens with one attached hydrogen (secondary N) is 1. The summed E-state index contributed by atoms with van der Waals surface area (Å²) in [5, 5.41) is 15.4. The normalized spacial score (nSPS) is 10.3. The third-order valence-corrected chi connectivity index (χ3v) is 3.81. The van der Waals surface area contributed by atoms with Gasteiger partial charge >= 0.3 is 0 Å². The highest BCUT2D eigenvalue weighted by Crippen LogP contribution is 2.28. The monoisotopic (exact) mass is 265 g/mol. The third kappa shape index (κ3) is 2.24. The number of hydrogen-bond donors (Lipinski definition) is 2. The Kier molecular flexibility index (Phi) is 2.82. The topological polar surface area (TPSA) is 61.8 Å². The van der Waals surface area contributed by atoms with Gasteiger partial charge in [0, 0.05) is 10.4 Å². The van der Waals surface area contributed by atoms with E-state index in [2.05, 4.69) is 35.0 Å². The number of nitrogen functional groups attached to an aromatic ring is 1. The summed E-state index contributed by atoms with van der Waals surface area (Å²) in [5.74, 6) is 0. The maximum Gasteiger partial charge on any atom is 0.0992 e. The molecular formula is C15H11N3S. The fourth-order valence-electron chi connectivity index (χ4n) is 1.95. The molecule has 1 heterocycles. The first-order valence-corrected chi connectivity index (χ1v) is 6.68. The number of fused-ring (bicyclic) bond motifs is 1. The van der Waals surface area contributed by atoms with Gasteiger partial charge in [-0.15, -0.1) is 11.3 Å². The van der Waals surface area contributed by atoms with Crippen molar-refractivity contribution in [2.45, 2.75) is 0 Å². The van der Waals surface area contributed by atoms with Crippen LogP contribution in [0.5, 0.6) is 0 Å². The Morgan fingerprint density at radius 3 is 2.79 bits per heavy atom. The zero-order chi connectivity index (χ0) is 13.2. The Bertz CT molecular complexity index is 783. The van der Waals surface area contributed by atoms with Gasteiger partial charge < -0.3 is 11.1 Å². The van der Waals surface area contributed by atoms with Gasteiger partial charge in [0.05, 0.1) is 23.0 Å². The standard InChI is InChI=1S/C15H11N3S/c16-9-10-1-3-14(13(17)7-10)18-12-2-4-15-11(8-12)5-6-19-15/h1-8,18H,17H2. The van der Waals surface area contributed by atoms with Gasteiger partial charge in [0.15, 0.2) is 0 Å². The lowest BCUT2D eigenvalue weighted by molar-refractivity contribution is 1.48.